The van der Waals surface area contributed by atoms with Crippen molar-refractivity contribution in [3.05, 3.63) is 49.4 Å². The van der Waals surface area contributed by atoms with E-state index in [4.69, 9.17) is 4.74 Å². The number of carbonyl (C=O) groups excluding carboxylic acids is 1. The van der Waals surface area contributed by atoms with Crippen molar-refractivity contribution < 1.29 is 19.7 Å². The quantitative estimate of drug-likeness (QED) is 0.439. The van der Waals surface area contributed by atoms with Gasteiger partial charge in [0, 0.05) is 5.56 Å². The molecule has 0 aliphatic heterocycles. The molecule has 0 saturated heterocycles. The van der Waals surface area contributed by atoms with Crippen LogP contribution in [-0.2, 0) is 4.79 Å². The molecule has 0 spiro atoms. The van der Waals surface area contributed by atoms with E-state index in [1.54, 1.807) is 13.0 Å². The smallest absolute Gasteiger partial charge is 0.277 e. The van der Waals surface area contributed by atoms with Gasteiger partial charge in [0.25, 0.3) is 5.91 Å². The SMILES string of the molecule is Cc1ccc(OCC(=O)N/N=C/c2c(C)c(Br)c(O)c(Br)c2O)cc1C. The molecule has 2 aromatic carbocycles. The van der Waals surface area contributed by atoms with Gasteiger partial charge in [0.15, 0.2) is 6.61 Å². The molecule has 1 amide bonds. The molecular formula is C18H18Br2N2O4. The molecule has 0 fully saturated rings. The molecule has 3 N–H and O–H groups in total. The zero-order chi connectivity index (χ0) is 19.4. The van der Waals surface area contributed by atoms with E-state index in [0.29, 0.717) is 21.3 Å². The number of rotatable bonds is 5. The first-order valence-corrected chi connectivity index (χ1v) is 9.22. The monoisotopic (exact) mass is 484 g/mol. The first-order chi connectivity index (χ1) is 12.2. The molecule has 138 valence electrons. The molecule has 0 bridgehead atoms. The van der Waals surface area contributed by atoms with Crippen LogP contribution < -0.4 is 10.2 Å². The van der Waals surface area contributed by atoms with Gasteiger partial charge in [-0.3, -0.25) is 4.79 Å². The summed E-state index contributed by atoms with van der Waals surface area (Å²) in [6.07, 6.45) is 1.30. The molecule has 6 nitrogen and oxygen atoms in total. The van der Waals surface area contributed by atoms with Gasteiger partial charge in [0.1, 0.15) is 21.7 Å². The Morgan fingerprint density at radius 1 is 1.15 bits per heavy atom. The van der Waals surface area contributed by atoms with Crippen molar-refractivity contribution in [2.45, 2.75) is 20.8 Å². The van der Waals surface area contributed by atoms with Gasteiger partial charge in [-0.05, 0) is 81.5 Å². The molecule has 0 heterocycles. The highest BCUT2D eigenvalue weighted by molar-refractivity contribution is 9.11. The number of ether oxygens (including phenoxy) is 1. The number of hydrogen-bond donors (Lipinski definition) is 3. The standard InChI is InChI=1S/C18H18Br2N2O4/c1-9-4-5-12(6-10(9)2)26-8-14(23)22-21-7-13-11(3)15(19)18(25)16(20)17(13)24/h4-7,24-25H,8H2,1-3H3,(H,22,23)/b21-7+. The maximum Gasteiger partial charge on any atom is 0.277 e. The lowest BCUT2D eigenvalue weighted by Crippen LogP contribution is -2.24. The second kappa shape index (κ2) is 8.55. The molecule has 2 aromatic rings. The van der Waals surface area contributed by atoms with Crippen molar-refractivity contribution in [3.8, 4) is 17.2 Å². The second-order valence-electron chi connectivity index (χ2n) is 5.69. The predicted molar refractivity (Wildman–Crippen MR) is 107 cm³/mol. The zero-order valence-electron chi connectivity index (χ0n) is 14.4. The topological polar surface area (TPSA) is 91.2 Å². The number of hydrazone groups is 1. The summed E-state index contributed by atoms with van der Waals surface area (Å²) in [5, 5.41) is 23.8. The van der Waals surface area contributed by atoms with Gasteiger partial charge in [-0.1, -0.05) is 6.07 Å². The fraction of sp³-hybridized carbons (Fsp3) is 0.222. The Hall–Kier alpha value is -2.06. The number of phenols is 2. The fourth-order valence-corrected chi connectivity index (χ4v) is 3.20. The summed E-state index contributed by atoms with van der Waals surface area (Å²) in [6.45, 7) is 5.48. The molecule has 0 aromatic heterocycles. The Kier molecular flexibility index (Phi) is 6.66. The van der Waals surface area contributed by atoms with Crippen LogP contribution in [0.4, 0.5) is 0 Å². The third-order valence-corrected chi connectivity index (χ3v) is 5.56. The molecule has 0 aliphatic carbocycles. The second-order valence-corrected chi connectivity index (χ2v) is 7.28. The van der Waals surface area contributed by atoms with Crippen LogP contribution in [0.25, 0.3) is 0 Å². The zero-order valence-corrected chi connectivity index (χ0v) is 17.6. The number of nitrogens with one attached hydrogen (secondary N) is 1. The molecule has 26 heavy (non-hydrogen) atoms. The number of aryl methyl sites for hydroxylation is 2. The lowest BCUT2D eigenvalue weighted by atomic mass is 10.1. The first-order valence-electron chi connectivity index (χ1n) is 7.63. The van der Waals surface area contributed by atoms with E-state index in [0.717, 1.165) is 11.1 Å². The van der Waals surface area contributed by atoms with E-state index in [-0.39, 0.29) is 22.6 Å². The van der Waals surface area contributed by atoms with Crippen molar-refractivity contribution in [2.24, 2.45) is 5.10 Å². The third kappa shape index (κ3) is 4.56. The van der Waals surface area contributed by atoms with E-state index in [1.807, 2.05) is 26.0 Å². The lowest BCUT2D eigenvalue weighted by molar-refractivity contribution is -0.123. The normalized spacial score (nSPS) is 11.0. The van der Waals surface area contributed by atoms with Gasteiger partial charge in [0.2, 0.25) is 0 Å². The van der Waals surface area contributed by atoms with Crippen LogP contribution in [0.15, 0.2) is 32.2 Å². The Morgan fingerprint density at radius 3 is 2.50 bits per heavy atom. The highest BCUT2D eigenvalue weighted by atomic mass is 79.9. The van der Waals surface area contributed by atoms with Gasteiger partial charge >= 0.3 is 0 Å². The molecule has 0 unspecified atom stereocenters. The Morgan fingerprint density at radius 2 is 1.85 bits per heavy atom. The number of phenolic OH excluding ortho intramolecular Hbond substituents is 2. The number of aromatic hydroxyl groups is 2. The molecule has 2 rings (SSSR count). The highest BCUT2D eigenvalue weighted by Crippen LogP contribution is 2.43. The highest BCUT2D eigenvalue weighted by Gasteiger charge is 2.17. The summed E-state index contributed by atoms with van der Waals surface area (Å²) < 4.78 is 5.99. The van der Waals surface area contributed by atoms with Crippen LogP contribution >= 0.6 is 31.9 Å². The maximum atomic E-state index is 11.8. The number of hydrogen-bond acceptors (Lipinski definition) is 5. The summed E-state index contributed by atoms with van der Waals surface area (Å²) in [6, 6.07) is 5.58. The average molecular weight is 486 g/mol. The summed E-state index contributed by atoms with van der Waals surface area (Å²) in [7, 11) is 0. The molecular weight excluding hydrogens is 468 g/mol. The van der Waals surface area contributed by atoms with E-state index >= 15 is 0 Å². The van der Waals surface area contributed by atoms with E-state index in [2.05, 4.69) is 42.4 Å². The van der Waals surface area contributed by atoms with E-state index < -0.39 is 5.91 Å². The van der Waals surface area contributed by atoms with Crippen molar-refractivity contribution in [1.82, 2.24) is 5.43 Å². The Labute approximate surface area is 168 Å². The van der Waals surface area contributed by atoms with E-state index in [9.17, 15) is 15.0 Å². The maximum absolute atomic E-state index is 11.8. The number of amides is 1. The van der Waals surface area contributed by atoms with Crippen molar-refractivity contribution in [1.29, 1.82) is 0 Å². The first kappa shape index (κ1) is 20.3. The summed E-state index contributed by atoms with van der Waals surface area (Å²) in [5.41, 5.74) is 5.50. The molecule has 0 atom stereocenters. The Balaban J connectivity index is 2.00. The number of halogens is 2. The van der Waals surface area contributed by atoms with E-state index in [1.165, 1.54) is 6.21 Å². The van der Waals surface area contributed by atoms with Gasteiger partial charge in [0.05, 0.1) is 10.7 Å². The van der Waals surface area contributed by atoms with Crippen molar-refractivity contribution in [2.75, 3.05) is 6.61 Å². The fourth-order valence-electron chi connectivity index (χ4n) is 2.11. The summed E-state index contributed by atoms with van der Waals surface area (Å²) in [4.78, 5) is 11.8. The summed E-state index contributed by atoms with van der Waals surface area (Å²) in [5.74, 6) is -0.115. The minimum absolute atomic E-state index is 0.108. The number of carbonyl (C=O) groups is 1. The minimum Gasteiger partial charge on any atom is -0.506 e. The largest absolute Gasteiger partial charge is 0.506 e. The van der Waals surface area contributed by atoms with Crippen LogP contribution in [0.5, 0.6) is 17.2 Å². The average Bonchev–Trinajstić information content (AvgIpc) is 2.62. The minimum atomic E-state index is -0.437. The van der Waals surface area contributed by atoms with Crippen LogP contribution in [0.3, 0.4) is 0 Å². The number of nitrogens with zero attached hydrogens (tertiary/aromatic N) is 1. The van der Waals surface area contributed by atoms with Gasteiger partial charge in [-0.25, -0.2) is 5.43 Å². The number of benzene rings is 2. The van der Waals surface area contributed by atoms with Gasteiger partial charge in [-0.15, -0.1) is 0 Å². The van der Waals surface area contributed by atoms with Crippen LogP contribution in [0, 0.1) is 20.8 Å². The van der Waals surface area contributed by atoms with Gasteiger partial charge in [-0.2, -0.15) is 5.10 Å². The molecule has 0 radical (unpaired) electrons. The third-order valence-electron chi connectivity index (χ3n) is 3.84. The predicted octanol–water partition coefficient (Wildman–Crippen LogP) is 4.08. The van der Waals surface area contributed by atoms with Gasteiger partial charge < -0.3 is 14.9 Å². The Bertz CT molecular complexity index is 853. The van der Waals surface area contributed by atoms with Crippen molar-refractivity contribution in [3.63, 3.8) is 0 Å². The summed E-state index contributed by atoms with van der Waals surface area (Å²) >= 11 is 6.34. The van der Waals surface area contributed by atoms with Crippen LogP contribution in [0.2, 0.25) is 0 Å². The van der Waals surface area contributed by atoms with Crippen LogP contribution in [0.1, 0.15) is 22.3 Å². The molecule has 0 saturated carbocycles. The molecule has 0 aliphatic rings. The van der Waals surface area contributed by atoms with Crippen molar-refractivity contribution >= 4 is 44.0 Å². The molecule has 8 heteroatoms. The van der Waals surface area contributed by atoms with Crippen LogP contribution in [-0.4, -0.2) is 28.9 Å². The lowest BCUT2D eigenvalue weighted by Gasteiger charge is -2.11.